The Morgan fingerprint density at radius 1 is 1.17 bits per heavy atom. The maximum atomic E-state index is 12.5. The molecule has 0 radical (unpaired) electrons. The molecule has 4 heteroatoms. The summed E-state index contributed by atoms with van der Waals surface area (Å²) in [5.74, 6) is 1.16. The highest BCUT2D eigenvalue weighted by Crippen LogP contribution is 2.38. The van der Waals surface area contributed by atoms with Gasteiger partial charge in [-0.05, 0) is 55.8 Å². The van der Waals surface area contributed by atoms with Gasteiger partial charge in [-0.2, -0.15) is 0 Å². The fourth-order valence-electron chi connectivity index (χ4n) is 2.69. The van der Waals surface area contributed by atoms with E-state index in [1.807, 2.05) is 44.2 Å². The van der Waals surface area contributed by atoms with Crippen LogP contribution in [0.15, 0.2) is 42.5 Å². The first kappa shape index (κ1) is 16.1. The molecule has 24 heavy (non-hydrogen) atoms. The number of methoxy groups -OCH3 is 1. The number of rotatable bonds is 4. The fraction of sp³-hybridized carbons (Fsp3) is 0.250. The highest BCUT2D eigenvalue weighted by Gasteiger charge is 2.25. The third-order valence-corrected chi connectivity index (χ3v) is 4.03. The summed E-state index contributed by atoms with van der Waals surface area (Å²) in [5.41, 5.74) is 1.30. The Hall–Kier alpha value is -2.75. The highest BCUT2D eigenvalue weighted by atomic mass is 16.5. The molecule has 1 heterocycles. The van der Waals surface area contributed by atoms with Crippen LogP contribution in [0.3, 0.4) is 0 Å². The van der Waals surface area contributed by atoms with E-state index in [0.717, 1.165) is 11.3 Å². The van der Waals surface area contributed by atoms with Crippen molar-refractivity contribution in [1.82, 2.24) is 0 Å². The molecule has 3 rings (SSSR count). The number of ketones is 1. The predicted molar refractivity (Wildman–Crippen MR) is 92.9 cm³/mol. The van der Waals surface area contributed by atoms with Crippen molar-refractivity contribution in [1.29, 1.82) is 0 Å². The first-order valence-corrected chi connectivity index (χ1v) is 7.80. The van der Waals surface area contributed by atoms with Crippen LogP contribution in [0.5, 0.6) is 17.2 Å². The number of Topliss-reactive ketones (excluding diaryl/α,β-unsaturated/α-hetero) is 1. The van der Waals surface area contributed by atoms with E-state index in [9.17, 15) is 9.90 Å². The number of fused-ring (bicyclic) bond motifs is 1. The maximum absolute atomic E-state index is 12.5. The molecule has 0 aromatic heterocycles. The van der Waals surface area contributed by atoms with Crippen molar-refractivity contribution < 1.29 is 19.4 Å². The first-order chi connectivity index (χ1) is 11.4. The molecule has 1 aliphatic rings. The Balaban J connectivity index is 1.85. The van der Waals surface area contributed by atoms with E-state index in [2.05, 4.69) is 0 Å². The van der Waals surface area contributed by atoms with Crippen LogP contribution < -0.4 is 9.47 Å². The predicted octanol–water partition coefficient (Wildman–Crippen LogP) is 4.01. The number of carbonyl (C=O) groups excluding carboxylic acids is 1. The van der Waals surface area contributed by atoms with Crippen molar-refractivity contribution in [3.63, 3.8) is 0 Å². The van der Waals surface area contributed by atoms with Crippen molar-refractivity contribution in [2.24, 2.45) is 0 Å². The average Bonchev–Trinajstić information content (AvgIpc) is 2.54. The number of hydrogen-bond donors (Lipinski definition) is 1. The summed E-state index contributed by atoms with van der Waals surface area (Å²) in [6.45, 7) is 3.87. The summed E-state index contributed by atoms with van der Waals surface area (Å²) in [7, 11) is 1.60. The number of aromatic hydroxyl groups is 1. The molecule has 1 aliphatic heterocycles. The van der Waals surface area contributed by atoms with Gasteiger partial charge in [0, 0.05) is 6.42 Å². The smallest absolute Gasteiger partial charge is 0.170 e. The van der Waals surface area contributed by atoms with Gasteiger partial charge in [0.05, 0.1) is 18.2 Å². The van der Waals surface area contributed by atoms with Gasteiger partial charge in [-0.15, -0.1) is 0 Å². The number of ether oxygens (including phenoxy) is 2. The molecule has 0 spiro atoms. The number of benzene rings is 2. The molecule has 0 saturated heterocycles. The molecule has 0 fully saturated rings. The summed E-state index contributed by atoms with van der Waals surface area (Å²) in [5, 5.41) is 10.5. The quantitative estimate of drug-likeness (QED) is 0.863. The summed E-state index contributed by atoms with van der Waals surface area (Å²) >= 11 is 0. The Labute approximate surface area is 141 Å². The molecule has 0 bridgehead atoms. The van der Waals surface area contributed by atoms with Crippen LogP contribution >= 0.6 is 0 Å². The van der Waals surface area contributed by atoms with E-state index in [1.165, 1.54) is 0 Å². The van der Waals surface area contributed by atoms with Crippen molar-refractivity contribution in [2.45, 2.75) is 25.9 Å². The third-order valence-electron chi connectivity index (χ3n) is 4.03. The van der Waals surface area contributed by atoms with Crippen molar-refractivity contribution in [3.8, 4) is 17.2 Å². The second-order valence-electron chi connectivity index (χ2n) is 6.36. The van der Waals surface area contributed by atoms with E-state index in [0.29, 0.717) is 16.9 Å². The Morgan fingerprint density at radius 2 is 1.88 bits per heavy atom. The zero-order valence-electron chi connectivity index (χ0n) is 14.0. The second-order valence-corrected chi connectivity index (χ2v) is 6.36. The number of hydrogen-bond acceptors (Lipinski definition) is 4. The summed E-state index contributed by atoms with van der Waals surface area (Å²) in [6, 6.07) is 10.7. The number of carbonyl (C=O) groups is 1. The van der Waals surface area contributed by atoms with Crippen LogP contribution in [0, 0.1) is 0 Å². The molecule has 0 saturated carbocycles. The molecule has 0 atom stereocenters. The van der Waals surface area contributed by atoms with Crippen LogP contribution in [0.1, 0.15) is 35.3 Å². The molecule has 0 unspecified atom stereocenters. The van der Waals surface area contributed by atoms with Gasteiger partial charge in [-0.3, -0.25) is 4.79 Å². The van der Waals surface area contributed by atoms with Gasteiger partial charge in [-0.1, -0.05) is 12.1 Å². The summed E-state index contributed by atoms with van der Waals surface area (Å²) < 4.78 is 10.9. The Bertz CT molecular complexity index is 801. The van der Waals surface area contributed by atoms with Crippen LogP contribution in [0.4, 0.5) is 0 Å². The molecule has 2 aromatic carbocycles. The van der Waals surface area contributed by atoms with E-state index < -0.39 is 5.60 Å². The van der Waals surface area contributed by atoms with E-state index in [4.69, 9.17) is 9.47 Å². The number of phenols is 1. The summed E-state index contributed by atoms with van der Waals surface area (Å²) in [4.78, 5) is 12.5. The molecule has 1 N–H and O–H groups in total. The van der Waals surface area contributed by atoms with E-state index >= 15 is 0 Å². The maximum Gasteiger partial charge on any atom is 0.170 e. The SMILES string of the molecule is COc1ccc(CC(=O)c2ccc3c(c2O)C=CC(C)(C)O3)cc1. The van der Waals surface area contributed by atoms with Crippen molar-refractivity contribution in [3.05, 3.63) is 59.2 Å². The molecule has 124 valence electrons. The van der Waals surface area contributed by atoms with Gasteiger partial charge in [-0.25, -0.2) is 0 Å². The monoisotopic (exact) mass is 324 g/mol. The van der Waals surface area contributed by atoms with E-state index in [1.54, 1.807) is 25.3 Å². The highest BCUT2D eigenvalue weighted by molar-refractivity contribution is 6.01. The third kappa shape index (κ3) is 3.13. The molecule has 0 aliphatic carbocycles. The van der Waals surface area contributed by atoms with Crippen molar-refractivity contribution in [2.75, 3.05) is 7.11 Å². The minimum Gasteiger partial charge on any atom is -0.506 e. The Kier molecular flexibility index (Phi) is 4.06. The normalized spacial score (nSPS) is 14.6. The molecule has 0 amide bonds. The van der Waals surface area contributed by atoms with Crippen LogP contribution in [0.2, 0.25) is 0 Å². The van der Waals surface area contributed by atoms with Gasteiger partial charge in [0.15, 0.2) is 5.78 Å². The van der Waals surface area contributed by atoms with Gasteiger partial charge < -0.3 is 14.6 Å². The first-order valence-electron chi connectivity index (χ1n) is 7.80. The van der Waals surface area contributed by atoms with Gasteiger partial charge in [0.2, 0.25) is 0 Å². The lowest BCUT2D eigenvalue weighted by Crippen LogP contribution is -2.27. The zero-order chi connectivity index (χ0) is 17.3. The average molecular weight is 324 g/mol. The van der Waals surface area contributed by atoms with Gasteiger partial charge in [0.25, 0.3) is 0 Å². The van der Waals surface area contributed by atoms with Gasteiger partial charge >= 0.3 is 0 Å². The topological polar surface area (TPSA) is 55.8 Å². The number of phenolic OH excluding ortho intramolecular Hbond substituents is 1. The summed E-state index contributed by atoms with van der Waals surface area (Å²) in [6.07, 6.45) is 3.89. The van der Waals surface area contributed by atoms with E-state index in [-0.39, 0.29) is 18.0 Å². The lowest BCUT2D eigenvalue weighted by Gasteiger charge is -2.28. The standard InChI is InChI=1S/C20H20O4/c1-20(2)11-10-16-18(24-20)9-8-15(19(16)22)17(21)12-13-4-6-14(23-3)7-5-13/h4-11,22H,12H2,1-3H3. The molecular formula is C20H20O4. The zero-order valence-corrected chi connectivity index (χ0v) is 14.0. The van der Waals surface area contributed by atoms with Crippen LogP contribution in [-0.2, 0) is 6.42 Å². The van der Waals surface area contributed by atoms with Crippen molar-refractivity contribution >= 4 is 11.9 Å². The fourth-order valence-corrected chi connectivity index (χ4v) is 2.69. The van der Waals surface area contributed by atoms with Gasteiger partial charge in [0.1, 0.15) is 22.8 Å². The molecule has 4 nitrogen and oxygen atoms in total. The lowest BCUT2D eigenvalue weighted by atomic mass is 9.96. The largest absolute Gasteiger partial charge is 0.506 e. The minimum absolute atomic E-state index is 0.0299. The lowest BCUT2D eigenvalue weighted by molar-refractivity contribution is 0.0990. The molecular weight excluding hydrogens is 304 g/mol. The second kappa shape index (κ2) is 6.04. The minimum atomic E-state index is -0.423. The molecule has 2 aromatic rings. The van der Waals surface area contributed by atoms with Crippen LogP contribution in [0.25, 0.3) is 6.08 Å². The van der Waals surface area contributed by atoms with Crippen LogP contribution in [-0.4, -0.2) is 23.6 Å². The Morgan fingerprint density at radius 3 is 2.54 bits per heavy atom.